The molecule has 0 spiro atoms. The molecule has 0 saturated carbocycles. The summed E-state index contributed by atoms with van der Waals surface area (Å²) in [5.41, 5.74) is 7.82. The van der Waals surface area contributed by atoms with E-state index in [-0.39, 0.29) is 0 Å². The molecule has 2 nitrogen and oxygen atoms in total. The number of hydrogen-bond acceptors (Lipinski definition) is 3. The Labute approximate surface area is 120 Å². The Hall–Kier alpha value is -0.580. The summed E-state index contributed by atoms with van der Waals surface area (Å²) < 4.78 is 0. The summed E-state index contributed by atoms with van der Waals surface area (Å²) in [6, 6.07) is 8.81. The Kier molecular flexibility index (Phi) is 6.68. The topological polar surface area (TPSA) is 29.3 Å². The lowest BCUT2D eigenvalue weighted by Crippen LogP contribution is -2.29. The molecule has 1 aromatic rings. The first-order valence-corrected chi connectivity index (χ1v) is 7.92. The summed E-state index contributed by atoms with van der Waals surface area (Å²) in [6.07, 6.45) is 3.38. The minimum absolute atomic E-state index is 0.461. The molecule has 1 rings (SSSR count). The fourth-order valence-corrected chi connectivity index (χ4v) is 2.44. The van der Waals surface area contributed by atoms with Crippen molar-refractivity contribution in [3.05, 3.63) is 35.4 Å². The van der Waals surface area contributed by atoms with Crippen molar-refractivity contribution in [3.63, 3.8) is 0 Å². The number of thioether (sulfide) groups is 1. The average molecular weight is 282 g/mol. The van der Waals surface area contributed by atoms with Gasteiger partial charge >= 0.3 is 0 Å². The highest BCUT2D eigenvalue weighted by Crippen LogP contribution is 2.11. The molecule has 0 aliphatic carbocycles. The first-order valence-electron chi connectivity index (χ1n) is 6.12. The van der Waals surface area contributed by atoms with Crippen LogP contribution in [0.15, 0.2) is 24.3 Å². The van der Waals surface area contributed by atoms with Crippen LogP contribution in [0.1, 0.15) is 24.5 Å². The zero-order valence-corrected chi connectivity index (χ0v) is 13.0. The molecular formula is C14H22N2S2. The van der Waals surface area contributed by atoms with E-state index in [4.69, 9.17) is 18.0 Å². The van der Waals surface area contributed by atoms with Gasteiger partial charge in [-0.2, -0.15) is 11.8 Å². The minimum atomic E-state index is 0.461. The van der Waals surface area contributed by atoms with E-state index in [1.54, 1.807) is 0 Å². The van der Waals surface area contributed by atoms with E-state index in [1.807, 2.05) is 23.9 Å². The van der Waals surface area contributed by atoms with Crippen LogP contribution in [0.2, 0.25) is 0 Å². The van der Waals surface area contributed by atoms with Crippen LogP contribution in [0.3, 0.4) is 0 Å². The van der Waals surface area contributed by atoms with Crippen molar-refractivity contribution in [2.75, 3.05) is 19.1 Å². The molecular weight excluding hydrogens is 260 g/mol. The fraction of sp³-hybridized carbons (Fsp3) is 0.500. The smallest absolute Gasteiger partial charge is 0.103 e. The molecule has 0 saturated heterocycles. The zero-order valence-electron chi connectivity index (χ0n) is 11.3. The summed E-state index contributed by atoms with van der Waals surface area (Å²) in [4.78, 5) is 2.84. The number of rotatable bonds is 7. The van der Waals surface area contributed by atoms with Crippen molar-refractivity contribution < 1.29 is 0 Å². The van der Waals surface area contributed by atoms with Crippen LogP contribution < -0.4 is 5.73 Å². The summed E-state index contributed by atoms with van der Waals surface area (Å²) in [7, 11) is 2.17. The second-order valence-electron chi connectivity index (χ2n) is 4.61. The summed E-state index contributed by atoms with van der Waals surface area (Å²) in [5.74, 6) is 1.21. The fourth-order valence-electron chi connectivity index (χ4n) is 1.73. The van der Waals surface area contributed by atoms with Crippen molar-refractivity contribution in [1.29, 1.82) is 0 Å². The van der Waals surface area contributed by atoms with E-state index in [0.29, 0.717) is 11.0 Å². The summed E-state index contributed by atoms with van der Waals surface area (Å²) in [6.45, 7) is 3.24. The van der Waals surface area contributed by atoms with E-state index < -0.39 is 0 Å². The van der Waals surface area contributed by atoms with Gasteiger partial charge in [0.1, 0.15) is 4.99 Å². The highest BCUT2D eigenvalue weighted by atomic mass is 32.2. The van der Waals surface area contributed by atoms with Gasteiger partial charge in [-0.25, -0.2) is 0 Å². The second-order valence-corrected chi connectivity index (χ2v) is 6.03. The van der Waals surface area contributed by atoms with Crippen LogP contribution in [0.25, 0.3) is 0 Å². The highest BCUT2D eigenvalue weighted by Gasteiger charge is 2.09. The van der Waals surface area contributed by atoms with Crippen molar-refractivity contribution >= 4 is 29.0 Å². The second kappa shape index (κ2) is 7.77. The quantitative estimate of drug-likeness (QED) is 0.779. The van der Waals surface area contributed by atoms with Crippen LogP contribution >= 0.6 is 24.0 Å². The third-order valence-corrected chi connectivity index (χ3v) is 4.04. The molecule has 1 aromatic carbocycles. The third-order valence-electron chi connectivity index (χ3n) is 3.16. The predicted molar refractivity (Wildman–Crippen MR) is 86.3 cm³/mol. The first-order chi connectivity index (χ1) is 8.54. The Morgan fingerprint density at radius 3 is 2.50 bits per heavy atom. The lowest BCUT2D eigenvalue weighted by molar-refractivity contribution is 0.245. The lowest BCUT2D eigenvalue weighted by Gasteiger charge is -2.24. The molecule has 0 amide bonds. The van der Waals surface area contributed by atoms with Gasteiger partial charge in [-0.1, -0.05) is 36.5 Å². The van der Waals surface area contributed by atoms with Gasteiger partial charge in [0.25, 0.3) is 0 Å². The lowest BCUT2D eigenvalue weighted by atomic mass is 10.1. The first kappa shape index (κ1) is 15.5. The van der Waals surface area contributed by atoms with E-state index in [0.717, 1.165) is 12.1 Å². The molecule has 0 aliphatic rings. The Morgan fingerprint density at radius 1 is 1.39 bits per heavy atom. The standard InChI is InChI=1S/C14H22N2S2/c1-11(8-9-18-3)16(2)10-12-4-6-13(7-5-12)14(15)17/h4-7,11H,8-10H2,1-3H3,(H2,15,17). The van der Waals surface area contributed by atoms with Crippen LogP contribution in [0.5, 0.6) is 0 Å². The Bertz CT molecular complexity index is 376. The van der Waals surface area contributed by atoms with Crippen LogP contribution in [0.4, 0.5) is 0 Å². The van der Waals surface area contributed by atoms with Gasteiger partial charge in [-0.15, -0.1) is 0 Å². The van der Waals surface area contributed by atoms with Crippen molar-refractivity contribution in [2.45, 2.75) is 25.9 Å². The summed E-state index contributed by atoms with van der Waals surface area (Å²) in [5, 5.41) is 0. The molecule has 18 heavy (non-hydrogen) atoms. The Balaban J connectivity index is 2.53. The number of nitrogens with two attached hydrogens (primary N) is 1. The van der Waals surface area contributed by atoms with Gasteiger partial charge in [0, 0.05) is 18.2 Å². The van der Waals surface area contributed by atoms with E-state index in [2.05, 4.69) is 37.3 Å². The van der Waals surface area contributed by atoms with E-state index >= 15 is 0 Å². The molecule has 0 aliphatic heterocycles. The van der Waals surface area contributed by atoms with Crippen molar-refractivity contribution in [3.8, 4) is 0 Å². The molecule has 0 bridgehead atoms. The zero-order chi connectivity index (χ0) is 13.5. The number of benzene rings is 1. The van der Waals surface area contributed by atoms with Crippen molar-refractivity contribution in [1.82, 2.24) is 4.90 Å². The highest BCUT2D eigenvalue weighted by molar-refractivity contribution is 7.98. The molecule has 1 unspecified atom stereocenters. The third kappa shape index (κ3) is 4.96. The maximum absolute atomic E-state index is 5.59. The maximum atomic E-state index is 5.59. The number of thiocarbonyl (C=S) groups is 1. The Morgan fingerprint density at radius 2 is 2.00 bits per heavy atom. The van der Waals surface area contributed by atoms with Crippen LogP contribution in [-0.2, 0) is 6.54 Å². The molecule has 2 N–H and O–H groups in total. The van der Waals surface area contributed by atoms with Gasteiger partial charge in [-0.05, 0) is 38.0 Å². The summed E-state index contributed by atoms with van der Waals surface area (Å²) >= 11 is 6.85. The van der Waals surface area contributed by atoms with Gasteiger partial charge in [0.2, 0.25) is 0 Å². The number of nitrogens with zero attached hydrogens (tertiary/aromatic N) is 1. The van der Waals surface area contributed by atoms with Gasteiger partial charge in [0.15, 0.2) is 0 Å². The van der Waals surface area contributed by atoms with Crippen molar-refractivity contribution in [2.24, 2.45) is 5.73 Å². The average Bonchev–Trinajstić information content (AvgIpc) is 2.36. The monoisotopic (exact) mass is 282 g/mol. The largest absolute Gasteiger partial charge is 0.389 e. The van der Waals surface area contributed by atoms with Gasteiger partial charge in [0.05, 0.1) is 0 Å². The molecule has 0 radical (unpaired) electrons. The molecule has 0 fully saturated rings. The molecule has 0 aromatic heterocycles. The minimum Gasteiger partial charge on any atom is -0.389 e. The molecule has 4 heteroatoms. The normalized spacial score (nSPS) is 12.7. The SMILES string of the molecule is CSCCC(C)N(C)Cc1ccc(C(N)=S)cc1. The molecule has 0 heterocycles. The molecule has 100 valence electrons. The molecule has 1 atom stereocenters. The van der Waals surface area contributed by atoms with E-state index in [1.165, 1.54) is 17.7 Å². The predicted octanol–water partition coefficient (Wildman–Crippen LogP) is 2.89. The van der Waals surface area contributed by atoms with E-state index in [9.17, 15) is 0 Å². The van der Waals surface area contributed by atoms with Gasteiger partial charge in [-0.3, -0.25) is 4.90 Å². The maximum Gasteiger partial charge on any atom is 0.103 e. The van der Waals surface area contributed by atoms with Crippen LogP contribution in [-0.4, -0.2) is 35.0 Å². The van der Waals surface area contributed by atoms with Crippen LogP contribution in [0, 0.1) is 0 Å². The van der Waals surface area contributed by atoms with Gasteiger partial charge < -0.3 is 5.73 Å². The number of hydrogen-bond donors (Lipinski definition) is 1.